The number of nitrogens with zero attached hydrogens (tertiary/aromatic N) is 2. The molecule has 0 saturated heterocycles. The zero-order valence-electron chi connectivity index (χ0n) is 10.2. The van der Waals surface area contributed by atoms with Gasteiger partial charge in [-0.1, -0.05) is 23.2 Å². The lowest BCUT2D eigenvalue weighted by Crippen LogP contribution is -1.89. The van der Waals surface area contributed by atoms with Crippen LogP contribution in [0.25, 0.3) is 11.3 Å². The van der Waals surface area contributed by atoms with Gasteiger partial charge in [-0.05, 0) is 36.4 Å². The average Bonchev–Trinajstić information content (AvgIpc) is 2.90. The summed E-state index contributed by atoms with van der Waals surface area (Å²) in [7, 11) is 0. The summed E-state index contributed by atoms with van der Waals surface area (Å²) in [4.78, 5) is 8.49. The lowest BCUT2D eigenvalue weighted by atomic mass is 10.2. The van der Waals surface area contributed by atoms with Crippen LogP contribution in [0.3, 0.4) is 0 Å². The highest BCUT2D eigenvalue weighted by molar-refractivity contribution is 7.14. The third kappa shape index (κ3) is 3.10. The maximum Gasteiger partial charge on any atom is 0.187 e. The van der Waals surface area contributed by atoms with E-state index < -0.39 is 0 Å². The van der Waals surface area contributed by atoms with Gasteiger partial charge in [-0.15, -0.1) is 11.3 Å². The highest BCUT2D eigenvalue weighted by Gasteiger charge is 2.05. The SMILES string of the molecule is Clc1ccc(Nc2nc(-c3ccnc(Cl)c3)cs2)cc1. The maximum atomic E-state index is 5.88. The van der Waals surface area contributed by atoms with Gasteiger partial charge < -0.3 is 5.32 Å². The van der Waals surface area contributed by atoms with E-state index in [4.69, 9.17) is 23.2 Å². The molecule has 2 heterocycles. The van der Waals surface area contributed by atoms with Crippen molar-refractivity contribution in [3.05, 3.63) is 58.2 Å². The summed E-state index contributed by atoms with van der Waals surface area (Å²) in [6.07, 6.45) is 1.67. The number of nitrogens with one attached hydrogen (secondary N) is 1. The summed E-state index contributed by atoms with van der Waals surface area (Å²) in [5.74, 6) is 0. The van der Waals surface area contributed by atoms with Crippen LogP contribution >= 0.6 is 34.5 Å². The summed E-state index contributed by atoms with van der Waals surface area (Å²) in [5, 5.41) is 7.20. The topological polar surface area (TPSA) is 37.8 Å². The molecular formula is C14H9Cl2N3S. The van der Waals surface area contributed by atoms with E-state index in [2.05, 4.69) is 15.3 Å². The molecule has 1 aromatic carbocycles. The summed E-state index contributed by atoms with van der Waals surface area (Å²) >= 11 is 13.3. The van der Waals surface area contributed by atoms with Crippen molar-refractivity contribution in [2.24, 2.45) is 0 Å². The van der Waals surface area contributed by atoms with Gasteiger partial charge in [-0.3, -0.25) is 0 Å². The molecule has 6 heteroatoms. The molecule has 0 aliphatic rings. The van der Waals surface area contributed by atoms with Crippen molar-refractivity contribution in [1.29, 1.82) is 0 Å². The Hall–Kier alpha value is -1.62. The molecule has 0 aliphatic heterocycles. The van der Waals surface area contributed by atoms with Crippen molar-refractivity contribution in [1.82, 2.24) is 9.97 Å². The normalized spacial score (nSPS) is 10.5. The fourth-order valence-electron chi connectivity index (χ4n) is 1.68. The standard InChI is InChI=1S/C14H9Cl2N3S/c15-10-1-3-11(4-2-10)18-14-19-12(8-20-14)9-5-6-17-13(16)7-9/h1-8H,(H,18,19). The van der Waals surface area contributed by atoms with Crippen molar-refractivity contribution >= 4 is 45.4 Å². The number of benzene rings is 1. The zero-order chi connectivity index (χ0) is 13.9. The molecule has 20 heavy (non-hydrogen) atoms. The van der Waals surface area contributed by atoms with Crippen LogP contribution in [0.4, 0.5) is 10.8 Å². The summed E-state index contributed by atoms with van der Waals surface area (Å²) in [5.41, 5.74) is 2.77. The lowest BCUT2D eigenvalue weighted by Gasteiger charge is -2.02. The van der Waals surface area contributed by atoms with Crippen molar-refractivity contribution in [2.75, 3.05) is 5.32 Å². The van der Waals surface area contributed by atoms with Crippen molar-refractivity contribution in [2.45, 2.75) is 0 Å². The largest absolute Gasteiger partial charge is 0.332 e. The first-order valence-electron chi connectivity index (χ1n) is 5.81. The second kappa shape index (κ2) is 5.79. The molecule has 3 rings (SSSR count). The molecule has 0 saturated carbocycles. The summed E-state index contributed by atoms with van der Waals surface area (Å²) in [6.45, 7) is 0. The zero-order valence-corrected chi connectivity index (χ0v) is 12.5. The van der Waals surface area contributed by atoms with Crippen LogP contribution in [-0.4, -0.2) is 9.97 Å². The highest BCUT2D eigenvalue weighted by atomic mass is 35.5. The Morgan fingerprint density at radius 1 is 1.05 bits per heavy atom. The van der Waals surface area contributed by atoms with E-state index in [9.17, 15) is 0 Å². The minimum Gasteiger partial charge on any atom is -0.332 e. The first kappa shape index (κ1) is 13.4. The molecule has 3 nitrogen and oxygen atoms in total. The van der Waals surface area contributed by atoms with Crippen LogP contribution in [0, 0.1) is 0 Å². The van der Waals surface area contributed by atoms with Crippen LogP contribution in [0.15, 0.2) is 48.0 Å². The van der Waals surface area contributed by atoms with Crippen molar-refractivity contribution in [3.63, 3.8) is 0 Å². The van der Waals surface area contributed by atoms with Gasteiger partial charge in [0, 0.05) is 27.9 Å². The van der Waals surface area contributed by atoms with Crippen LogP contribution in [0.5, 0.6) is 0 Å². The number of hydrogen-bond donors (Lipinski definition) is 1. The first-order chi connectivity index (χ1) is 9.70. The predicted octanol–water partition coefficient (Wildman–Crippen LogP) is 5.26. The molecule has 0 radical (unpaired) electrons. The van der Waals surface area contributed by atoms with Crippen LogP contribution in [0.1, 0.15) is 0 Å². The van der Waals surface area contributed by atoms with E-state index in [1.807, 2.05) is 35.7 Å². The highest BCUT2D eigenvalue weighted by Crippen LogP contribution is 2.28. The van der Waals surface area contributed by atoms with Crippen LogP contribution < -0.4 is 5.32 Å². The molecule has 0 fully saturated rings. The number of rotatable bonds is 3. The van der Waals surface area contributed by atoms with Gasteiger partial charge in [0.2, 0.25) is 0 Å². The van der Waals surface area contributed by atoms with E-state index in [0.29, 0.717) is 10.2 Å². The van der Waals surface area contributed by atoms with Gasteiger partial charge in [0.15, 0.2) is 5.13 Å². The molecule has 0 unspecified atom stereocenters. The average molecular weight is 322 g/mol. The van der Waals surface area contributed by atoms with Gasteiger partial charge in [0.25, 0.3) is 0 Å². The Bertz CT molecular complexity index is 725. The van der Waals surface area contributed by atoms with E-state index in [1.165, 1.54) is 11.3 Å². The van der Waals surface area contributed by atoms with E-state index in [1.54, 1.807) is 12.3 Å². The first-order valence-corrected chi connectivity index (χ1v) is 7.44. The Morgan fingerprint density at radius 2 is 1.85 bits per heavy atom. The monoisotopic (exact) mass is 321 g/mol. The number of thiazole rings is 1. The van der Waals surface area contributed by atoms with E-state index >= 15 is 0 Å². The smallest absolute Gasteiger partial charge is 0.187 e. The lowest BCUT2D eigenvalue weighted by molar-refractivity contribution is 1.31. The van der Waals surface area contributed by atoms with Gasteiger partial charge in [-0.2, -0.15) is 0 Å². The summed E-state index contributed by atoms with van der Waals surface area (Å²) in [6, 6.07) is 11.2. The molecule has 0 atom stereocenters. The molecule has 0 bridgehead atoms. The van der Waals surface area contributed by atoms with Gasteiger partial charge in [-0.25, -0.2) is 9.97 Å². The third-order valence-corrected chi connectivity index (χ3v) is 3.84. The van der Waals surface area contributed by atoms with Gasteiger partial charge in [0.05, 0.1) is 5.69 Å². The van der Waals surface area contributed by atoms with Crippen LogP contribution in [-0.2, 0) is 0 Å². The molecule has 2 aromatic heterocycles. The fourth-order valence-corrected chi connectivity index (χ4v) is 2.72. The number of anilines is 2. The molecular weight excluding hydrogens is 313 g/mol. The second-order valence-electron chi connectivity index (χ2n) is 4.04. The Kier molecular flexibility index (Phi) is 3.87. The minimum absolute atomic E-state index is 0.461. The molecule has 100 valence electrons. The quantitative estimate of drug-likeness (QED) is 0.669. The van der Waals surface area contributed by atoms with E-state index in [0.717, 1.165) is 22.1 Å². The summed E-state index contributed by atoms with van der Waals surface area (Å²) < 4.78 is 0. The molecule has 0 spiro atoms. The Balaban J connectivity index is 1.82. The number of pyridine rings is 1. The van der Waals surface area contributed by atoms with E-state index in [-0.39, 0.29) is 0 Å². The molecule has 1 N–H and O–H groups in total. The van der Waals surface area contributed by atoms with Gasteiger partial charge in [0.1, 0.15) is 5.15 Å². The van der Waals surface area contributed by atoms with Crippen molar-refractivity contribution < 1.29 is 0 Å². The van der Waals surface area contributed by atoms with Crippen LogP contribution in [0.2, 0.25) is 10.2 Å². The second-order valence-corrected chi connectivity index (χ2v) is 5.72. The van der Waals surface area contributed by atoms with Crippen molar-refractivity contribution in [3.8, 4) is 11.3 Å². The predicted molar refractivity (Wildman–Crippen MR) is 85.1 cm³/mol. The number of halogens is 2. The van der Waals surface area contributed by atoms with Gasteiger partial charge >= 0.3 is 0 Å². The number of hydrogen-bond acceptors (Lipinski definition) is 4. The fraction of sp³-hybridized carbons (Fsp3) is 0. The third-order valence-electron chi connectivity index (χ3n) is 2.62. The molecule has 0 amide bonds. The molecule has 0 aliphatic carbocycles. The Labute approximate surface area is 130 Å². The molecule has 3 aromatic rings. The minimum atomic E-state index is 0.461. The maximum absolute atomic E-state index is 5.88. The Morgan fingerprint density at radius 3 is 2.60 bits per heavy atom. The number of aromatic nitrogens is 2.